The number of benzene rings is 1. The van der Waals surface area contributed by atoms with Gasteiger partial charge in [0.25, 0.3) is 0 Å². The topological polar surface area (TPSA) is 52.6 Å². The van der Waals surface area contributed by atoms with E-state index in [1.807, 2.05) is 0 Å². The standard InChI is InChI=1S/C13H17ClF2N2O2S/c1-18(6-3-7-19)13(20)17-10-5-2-4-9(14)12(10)21-8-11(15)16/h2,4-5,11,19H,3,6-8H2,1H3,(H,17,20). The van der Waals surface area contributed by atoms with Gasteiger partial charge in [-0.3, -0.25) is 0 Å². The van der Waals surface area contributed by atoms with E-state index in [1.54, 1.807) is 25.2 Å². The van der Waals surface area contributed by atoms with Crippen LogP contribution in [-0.4, -0.2) is 48.4 Å². The van der Waals surface area contributed by atoms with Crippen molar-refractivity contribution in [2.75, 3.05) is 31.3 Å². The summed E-state index contributed by atoms with van der Waals surface area (Å²) in [5, 5.41) is 11.7. The molecule has 0 spiro atoms. The summed E-state index contributed by atoms with van der Waals surface area (Å²) >= 11 is 6.89. The maximum Gasteiger partial charge on any atom is 0.321 e. The van der Waals surface area contributed by atoms with Crippen LogP contribution in [0.3, 0.4) is 0 Å². The third kappa shape index (κ3) is 6.07. The van der Waals surface area contributed by atoms with Crippen LogP contribution >= 0.6 is 23.4 Å². The number of amides is 2. The fourth-order valence-electron chi connectivity index (χ4n) is 1.52. The molecule has 4 nitrogen and oxygen atoms in total. The molecule has 0 radical (unpaired) electrons. The SMILES string of the molecule is CN(CCCO)C(=O)Nc1cccc(Cl)c1SCC(F)F. The monoisotopic (exact) mass is 338 g/mol. The molecule has 1 aromatic carbocycles. The minimum absolute atomic E-state index is 0.00965. The molecular formula is C13H17ClF2N2O2S. The van der Waals surface area contributed by atoms with E-state index < -0.39 is 12.2 Å². The molecule has 1 aromatic rings. The summed E-state index contributed by atoms with van der Waals surface area (Å²) < 4.78 is 24.7. The highest BCUT2D eigenvalue weighted by Gasteiger charge is 2.15. The Labute approximate surface area is 131 Å². The number of rotatable bonds is 7. The molecule has 0 fully saturated rings. The highest BCUT2D eigenvalue weighted by molar-refractivity contribution is 7.99. The summed E-state index contributed by atoms with van der Waals surface area (Å²) in [6.07, 6.45) is -1.99. The van der Waals surface area contributed by atoms with Crippen molar-refractivity contribution in [3.8, 4) is 0 Å². The number of aliphatic hydroxyl groups excluding tert-OH is 1. The number of nitrogens with one attached hydrogen (secondary N) is 1. The Balaban J connectivity index is 2.77. The molecule has 118 valence electrons. The van der Waals surface area contributed by atoms with Crippen LogP contribution in [0.25, 0.3) is 0 Å². The number of nitrogens with zero attached hydrogens (tertiary/aromatic N) is 1. The van der Waals surface area contributed by atoms with E-state index in [1.165, 1.54) is 4.90 Å². The minimum Gasteiger partial charge on any atom is -0.396 e. The second-order valence-corrected chi connectivity index (χ2v) is 5.68. The average Bonchev–Trinajstić information content (AvgIpc) is 2.43. The number of urea groups is 1. The lowest BCUT2D eigenvalue weighted by atomic mass is 10.3. The number of alkyl halides is 2. The first-order chi connectivity index (χ1) is 9.95. The quantitative estimate of drug-likeness (QED) is 0.748. The number of hydrogen-bond acceptors (Lipinski definition) is 3. The number of thioether (sulfide) groups is 1. The van der Waals surface area contributed by atoms with Gasteiger partial charge in [-0.2, -0.15) is 0 Å². The summed E-state index contributed by atoms with van der Waals surface area (Å²) in [4.78, 5) is 13.8. The summed E-state index contributed by atoms with van der Waals surface area (Å²) in [6, 6.07) is 4.44. The lowest BCUT2D eigenvalue weighted by Crippen LogP contribution is -2.32. The fourth-order valence-corrected chi connectivity index (χ4v) is 2.63. The highest BCUT2D eigenvalue weighted by Crippen LogP contribution is 2.35. The van der Waals surface area contributed by atoms with Crippen molar-refractivity contribution in [1.29, 1.82) is 0 Å². The van der Waals surface area contributed by atoms with E-state index in [0.29, 0.717) is 28.6 Å². The Morgan fingerprint density at radius 1 is 1.52 bits per heavy atom. The van der Waals surface area contributed by atoms with E-state index >= 15 is 0 Å². The Morgan fingerprint density at radius 3 is 2.86 bits per heavy atom. The van der Waals surface area contributed by atoms with Crippen LogP contribution in [0.15, 0.2) is 23.1 Å². The molecule has 0 atom stereocenters. The van der Waals surface area contributed by atoms with E-state index in [4.69, 9.17) is 16.7 Å². The Bertz CT molecular complexity index is 477. The molecule has 0 heterocycles. The molecule has 0 saturated carbocycles. The molecule has 2 N–H and O–H groups in total. The van der Waals surface area contributed by atoms with Gasteiger partial charge in [0, 0.05) is 25.1 Å². The van der Waals surface area contributed by atoms with Crippen LogP contribution < -0.4 is 5.32 Å². The first-order valence-electron chi connectivity index (χ1n) is 6.28. The zero-order chi connectivity index (χ0) is 15.8. The second-order valence-electron chi connectivity index (χ2n) is 4.25. The van der Waals surface area contributed by atoms with Gasteiger partial charge in [0.05, 0.1) is 16.5 Å². The van der Waals surface area contributed by atoms with Crippen molar-refractivity contribution < 1.29 is 18.7 Å². The van der Waals surface area contributed by atoms with Crippen LogP contribution in [0, 0.1) is 0 Å². The summed E-state index contributed by atoms with van der Waals surface area (Å²) in [6.45, 7) is 0.382. The van der Waals surface area contributed by atoms with Gasteiger partial charge in [0.15, 0.2) is 0 Å². The van der Waals surface area contributed by atoms with Crippen molar-refractivity contribution in [3.05, 3.63) is 23.2 Å². The maximum absolute atomic E-state index is 12.3. The molecule has 0 saturated heterocycles. The number of aliphatic hydroxyl groups is 1. The Morgan fingerprint density at radius 2 is 2.24 bits per heavy atom. The number of carbonyl (C=O) groups excluding carboxylic acids is 1. The predicted octanol–water partition coefficient (Wildman–Crippen LogP) is 3.54. The number of carbonyl (C=O) groups is 1. The number of hydrogen-bond donors (Lipinski definition) is 2. The largest absolute Gasteiger partial charge is 0.396 e. The molecule has 0 aromatic heterocycles. The van der Waals surface area contributed by atoms with Crippen molar-refractivity contribution >= 4 is 35.1 Å². The molecule has 21 heavy (non-hydrogen) atoms. The Hall–Kier alpha value is -1.05. The van der Waals surface area contributed by atoms with Gasteiger partial charge in [0.2, 0.25) is 6.43 Å². The summed E-state index contributed by atoms with van der Waals surface area (Å²) in [5.74, 6) is -0.396. The van der Waals surface area contributed by atoms with Crippen molar-refractivity contribution in [2.45, 2.75) is 17.7 Å². The maximum atomic E-state index is 12.3. The molecule has 8 heteroatoms. The molecule has 2 amide bonds. The van der Waals surface area contributed by atoms with Gasteiger partial charge in [-0.05, 0) is 18.6 Å². The van der Waals surface area contributed by atoms with Crippen molar-refractivity contribution in [1.82, 2.24) is 4.90 Å². The van der Waals surface area contributed by atoms with Crippen LogP contribution in [0.2, 0.25) is 5.02 Å². The van der Waals surface area contributed by atoms with Gasteiger partial charge in [-0.15, -0.1) is 11.8 Å². The van der Waals surface area contributed by atoms with Crippen LogP contribution in [0.5, 0.6) is 0 Å². The number of halogens is 3. The molecule has 0 aliphatic carbocycles. The van der Waals surface area contributed by atoms with Crippen LogP contribution in [0.4, 0.5) is 19.3 Å². The highest BCUT2D eigenvalue weighted by atomic mass is 35.5. The second kappa shape index (κ2) is 9.07. The first-order valence-corrected chi connectivity index (χ1v) is 7.64. The third-order valence-corrected chi connectivity index (χ3v) is 4.13. The Kier molecular flexibility index (Phi) is 7.77. The van der Waals surface area contributed by atoms with Crippen LogP contribution in [-0.2, 0) is 0 Å². The van der Waals surface area contributed by atoms with E-state index in [2.05, 4.69) is 5.32 Å². The van der Waals surface area contributed by atoms with Crippen molar-refractivity contribution in [2.24, 2.45) is 0 Å². The van der Waals surface area contributed by atoms with Gasteiger partial charge >= 0.3 is 6.03 Å². The van der Waals surface area contributed by atoms with E-state index in [9.17, 15) is 13.6 Å². The average molecular weight is 339 g/mol. The van der Waals surface area contributed by atoms with Gasteiger partial charge in [-0.1, -0.05) is 17.7 Å². The fraction of sp³-hybridized carbons (Fsp3) is 0.462. The molecular weight excluding hydrogens is 322 g/mol. The van der Waals surface area contributed by atoms with Gasteiger partial charge in [-0.25, -0.2) is 13.6 Å². The minimum atomic E-state index is -2.46. The summed E-state index contributed by atoms with van der Waals surface area (Å²) in [7, 11) is 1.58. The third-order valence-electron chi connectivity index (χ3n) is 2.56. The van der Waals surface area contributed by atoms with Gasteiger partial charge < -0.3 is 15.3 Å². The van der Waals surface area contributed by atoms with E-state index in [0.717, 1.165) is 11.8 Å². The summed E-state index contributed by atoms with van der Waals surface area (Å²) in [5.41, 5.74) is 0.397. The lowest BCUT2D eigenvalue weighted by molar-refractivity contribution is 0.177. The smallest absolute Gasteiger partial charge is 0.321 e. The molecule has 0 aliphatic heterocycles. The molecule has 1 rings (SSSR count). The normalized spacial score (nSPS) is 10.8. The molecule has 0 unspecified atom stereocenters. The molecule has 0 aliphatic rings. The van der Waals surface area contributed by atoms with E-state index in [-0.39, 0.29) is 12.6 Å². The lowest BCUT2D eigenvalue weighted by Gasteiger charge is -2.19. The molecule has 0 bridgehead atoms. The van der Waals surface area contributed by atoms with Crippen LogP contribution in [0.1, 0.15) is 6.42 Å². The first kappa shape index (κ1) is 18.0. The zero-order valence-corrected chi connectivity index (χ0v) is 13.1. The zero-order valence-electron chi connectivity index (χ0n) is 11.5. The predicted molar refractivity (Wildman–Crippen MR) is 81.5 cm³/mol. The van der Waals surface area contributed by atoms with Crippen molar-refractivity contribution in [3.63, 3.8) is 0 Å². The van der Waals surface area contributed by atoms with Gasteiger partial charge in [0.1, 0.15) is 0 Å². The number of anilines is 1.